The number of fused-ring (bicyclic) bond motifs is 8. The largest absolute Gasteiger partial charge is 0.317 e. The monoisotopic (exact) mass is 737 g/mol. The highest BCUT2D eigenvalue weighted by atomic mass is 14.9. The third kappa shape index (κ3) is 5.07. The summed E-state index contributed by atoms with van der Waals surface area (Å²) < 4.78 is 0. The van der Waals surface area contributed by atoms with Crippen LogP contribution >= 0.6 is 0 Å². The van der Waals surface area contributed by atoms with Gasteiger partial charge in [0.15, 0.2) is 0 Å². The molecule has 0 radical (unpaired) electrons. The molecule has 10 aliphatic carbocycles. The van der Waals surface area contributed by atoms with E-state index in [-0.39, 0.29) is 0 Å². The molecule has 0 spiro atoms. The minimum Gasteiger partial charge on any atom is -0.317 e. The summed E-state index contributed by atoms with van der Waals surface area (Å²) in [6.07, 6.45) is 28.9. The van der Waals surface area contributed by atoms with Gasteiger partial charge in [-0.15, -0.1) is 0 Å². The molecule has 2 N–H and O–H groups in total. The Bertz CT molecular complexity index is 1360. The van der Waals surface area contributed by atoms with Gasteiger partial charge in [-0.05, 0) is 276 Å². The molecule has 10 saturated carbocycles. The van der Waals surface area contributed by atoms with E-state index < -0.39 is 0 Å². The smallest absolute Gasteiger partial charge is 0.00462 e. The third-order valence-corrected chi connectivity index (χ3v) is 23.2. The molecule has 0 amide bonds. The van der Waals surface area contributed by atoms with Gasteiger partial charge in [-0.25, -0.2) is 0 Å². The van der Waals surface area contributed by atoms with Gasteiger partial charge in [0, 0.05) is 0 Å². The Kier molecular flexibility index (Phi) is 9.11. The van der Waals surface area contributed by atoms with Crippen LogP contribution in [0.3, 0.4) is 0 Å². The number of rotatable bonds is 4. The number of hydrogen-bond donors (Lipinski definition) is 2. The van der Waals surface area contributed by atoms with E-state index in [1.54, 1.807) is 89.9 Å². The van der Waals surface area contributed by atoms with E-state index in [2.05, 4.69) is 38.3 Å². The van der Waals surface area contributed by atoms with Crippen LogP contribution in [0.15, 0.2) is 0 Å². The standard InChI is InChI=1S/C52H84N2/c1-27(2)32-13-12-31-24-41-49-43(25-39(28(3)4)37-15-14-36(32)45(31)50(37)49)52-46(30-18-22-54-23-19-30)48-38-11-7-10-35-33-8-5-6-9-34(33)40(47(35)38)26-42(48)44(51(41)52)29-16-20-53-21-17-29/h27-54H,5-26H2,1-4H3. The molecule has 0 aromatic rings. The fraction of sp³-hybridized carbons (Fsp3) is 1.00. The minimum atomic E-state index is 0.889. The predicted molar refractivity (Wildman–Crippen MR) is 222 cm³/mol. The van der Waals surface area contributed by atoms with Crippen molar-refractivity contribution in [2.24, 2.45) is 154 Å². The van der Waals surface area contributed by atoms with Crippen LogP contribution in [0.25, 0.3) is 0 Å². The van der Waals surface area contributed by atoms with E-state index in [1.807, 2.05) is 0 Å². The Hall–Kier alpha value is -0.0800. The zero-order valence-electron chi connectivity index (χ0n) is 35.6. The molecule has 0 aromatic carbocycles. The van der Waals surface area contributed by atoms with Gasteiger partial charge in [-0.3, -0.25) is 0 Å². The van der Waals surface area contributed by atoms with Crippen LogP contribution in [0.5, 0.6) is 0 Å². The van der Waals surface area contributed by atoms with Crippen LogP contribution in [0.1, 0.15) is 143 Å². The van der Waals surface area contributed by atoms with Gasteiger partial charge in [-0.2, -0.15) is 0 Å². The highest BCUT2D eigenvalue weighted by Crippen LogP contribution is 2.78. The molecular formula is C52H84N2. The molecule has 12 fully saturated rings. The maximum Gasteiger partial charge on any atom is -0.00462 e. The lowest BCUT2D eigenvalue weighted by Crippen LogP contribution is -2.60. The molecule has 0 aromatic heterocycles. The summed E-state index contributed by atoms with van der Waals surface area (Å²) in [5, 5.41) is 7.86. The first-order valence-corrected chi connectivity index (χ1v) is 25.9. The van der Waals surface area contributed by atoms with Crippen molar-refractivity contribution in [1.82, 2.24) is 10.6 Å². The van der Waals surface area contributed by atoms with Gasteiger partial charge in [0.1, 0.15) is 0 Å². The van der Waals surface area contributed by atoms with E-state index in [9.17, 15) is 0 Å². The summed E-state index contributed by atoms with van der Waals surface area (Å²) >= 11 is 0. The van der Waals surface area contributed by atoms with E-state index in [0.717, 1.165) is 154 Å². The summed E-state index contributed by atoms with van der Waals surface area (Å²) in [5.74, 6) is 27.9. The SMILES string of the molecule is CC(C)C1CCC2CC3C4C(CC(C(C)C)C5CCC1C2C54)C1C(C2CCNCC2)C2C4CCCC5C6CCCCC6C(CC2C(C2CCNCC2)C31)C54. The Balaban J connectivity index is 1.02. The van der Waals surface area contributed by atoms with Crippen molar-refractivity contribution < 1.29 is 0 Å². The summed E-state index contributed by atoms with van der Waals surface area (Å²) in [5.41, 5.74) is 0. The zero-order valence-corrected chi connectivity index (χ0v) is 35.6. The predicted octanol–water partition coefficient (Wildman–Crippen LogP) is 11.5. The highest BCUT2D eigenvalue weighted by molar-refractivity contribution is 5.21. The van der Waals surface area contributed by atoms with E-state index in [0.29, 0.717) is 0 Å². The second-order valence-corrected chi connectivity index (χ2v) is 24.7. The molecule has 0 bridgehead atoms. The zero-order chi connectivity index (χ0) is 36.0. The molecule has 22 atom stereocenters. The maximum absolute atomic E-state index is 3.93. The van der Waals surface area contributed by atoms with Crippen LogP contribution in [-0.2, 0) is 0 Å². The number of nitrogens with one attached hydrogen (secondary N) is 2. The van der Waals surface area contributed by atoms with Gasteiger partial charge in [0.05, 0.1) is 0 Å². The summed E-state index contributed by atoms with van der Waals surface area (Å²) in [7, 11) is 0. The Morgan fingerprint density at radius 2 is 0.815 bits per heavy atom. The average molecular weight is 737 g/mol. The van der Waals surface area contributed by atoms with E-state index >= 15 is 0 Å². The Morgan fingerprint density at radius 1 is 0.296 bits per heavy atom. The molecule has 2 saturated heterocycles. The molecule has 22 unspecified atom stereocenters. The quantitative estimate of drug-likeness (QED) is 0.300. The molecule has 2 heterocycles. The van der Waals surface area contributed by atoms with Crippen molar-refractivity contribution in [2.45, 2.75) is 143 Å². The highest BCUT2D eigenvalue weighted by Gasteiger charge is 2.73. The Morgan fingerprint density at radius 3 is 1.52 bits per heavy atom. The lowest BCUT2D eigenvalue weighted by atomic mass is 9.41. The van der Waals surface area contributed by atoms with Gasteiger partial charge in [0.2, 0.25) is 0 Å². The summed E-state index contributed by atoms with van der Waals surface area (Å²) in [4.78, 5) is 0. The van der Waals surface area contributed by atoms with Gasteiger partial charge in [0.25, 0.3) is 0 Å². The summed E-state index contributed by atoms with van der Waals surface area (Å²) in [6.45, 7) is 16.0. The Labute approximate surface area is 332 Å². The van der Waals surface area contributed by atoms with Crippen LogP contribution in [-0.4, -0.2) is 26.2 Å². The van der Waals surface area contributed by atoms with Crippen LogP contribution < -0.4 is 10.6 Å². The average Bonchev–Trinajstić information content (AvgIpc) is 3.70. The van der Waals surface area contributed by atoms with E-state index in [4.69, 9.17) is 0 Å². The van der Waals surface area contributed by atoms with Crippen LogP contribution in [0.4, 0.5) is 0 Å². The topological polar surface area (TPSA) is 24.1 Å². The molecular weight excluding hydrogens is 653 g/mol. The normalized spacial score (nSPS) is 57.9. The number of piperidine rings is 2. The second-order valence-electron chi connectivity index (χ2n) is 24.7. The fourth-order valence-electron chi connectivity index (χ4n) is 22.6. The molecule has 12 rings (SSSR count). The van der Waals surface area contributed by atoms with Gasteiger partial charge >= 0.3 is 0 Å². The first kappa shape index (κ1) is 35.8. The summed E-state index contributed by atoms with van der Waals surface area (Å²) in [6, 6.07) is 0. The first-order chi connectivity index (χ1) is 26.5. The van der Waals surface area contributed by atoms with Crippen molar-refractivity contribution in [3.63, 3.8) is 0 Å². The lowest BCUT2D eigenvalue weighted by molar-refractivity contribution is -0.161. The van der Waals surface area contributed by atoms with E-state index in [1.165, 1.54) is 51.9 Å². The van der Waals surface area contributed by atoms with Crippen molar-refractivity contribution in [1.29, 1.82) is 0 Å². The molecule has 12 aliphatic rings. The molecule has 54 heavy (non-hydrogen) atoms. The first-order valence-electron chi connectivity index (χ1n) is 25.9. The number of hydrogen-bond acceptors (Lipinski definition) is 2. The van der Waals surface area contributed by atoms with Gasteiger partial charge in [-0.1, -0.05) is 47.0 Å². The molecule has 2 aliphatic heterocycles. The molecule has 302 valence electrons. The van der Waals surface area contributed by atoms with Crippen LogP contribution in [0.2, 0.25) is 0 Å². The molecule has 2 nitrogen and oxygen atoms in total. The van der Waals surface area contributed by atoms with Crippen molar-refractivity contribution in [3.05, 3.63) is 0 Å². The molecule has 2 heteroatoms. The second kappa shape index (κ2) is 13.7. The minimum absolute atomic E-state index is 0.889. The van der Waals surface area contributed by atoms with Gasteiger partial charge < -0.3 is 10.6 Å². The van der Waals surface area contributed by atoms with Crippen molar-refractivity contribution in [3.8, 4) is 0 Å². The third-order valence-electron chi connectivity index (χ3n) is 23.2. The fourth-order valence-corrected chi connectivity index (χ4v) is 22.6. The maximum atomic E-state index is 3.93. The van der Waals surface area contributed by atoms with Crippen LogP contribution in [0, 0.1) is 154 Å². The van der Waals surface area contributed by atoms with Crippen molar-refractivity contribution >= 4 is 0 Å². The lowest BCUT2D eigenvalue weighted by Gasteiger charge is -2.64. The van der Waals surface area contributed by atoms with Crippen molar-refractivity contribution in [2.75, 3.05) is 26.2 Å².